The number of carbonyl (C=O) groups excluding carboxylic acids is 1. The van der Waals surface area contributed by atoms with Gasteiger partial charge in [-0.3, -0.25) is 9.69 Å². The third kappa shape index (κ3) is 2.34. The van der Waals surface area contributed by atoms with E-state index < -0.39 is 0 Å². The van der Waals surface area contributed by atoms with Gasteiger partial charge in [-0.25, -0.2) is 4.98 Å². The predicted octanol–water partition coefficient (Wildman–Crippen LogP) is 1.41. The first kappa shape index (κ1) is 11.3. The zero-order valence-electron chi connectivity index (χ0n) is 9.46. The largest absolute Gasteiger partial charge is 0.455 e. The Morgan fingerprint density at radius 1 is 1.41 bits per heavy atom. The first-order valence-electron chi connectivity index (χ1n) is 5.20. The van der Waals surface area contributed by atoms with E-state index in [1.54, 1.807) is 37.5 Å². The Kier molecular flexibility index (Phi) is 3.20. The van der Waals surface area contributed by atoms with Gasteiger partial charge in [0, 0.05) is 13.2 Å². The van der Waals surface area contributed by atoms with Gasteiger partial charge in [0.05, 0.1) is 6.54 Å². The van der Waals surface area contributed by atoms with Gasteiger partial charge in [-0.05, 0) is 24.3 Å². The Balaban J connectivity index is 2.20. The van der Waals surface area contributed by atoms with Gasteiger partial charge in [-0.15, -0.1) is 0 Å². The summed E-state index contributed by atoms with van der Waals surface area (Å²) in [6.07, 6.45) is 1.63. The predicted molar refractivity (Wildman–Crippen MR) is 63.6 cm³/mol. The van der Waals surface area contributed by atoms with Crippen LogP contribution in [0.1, 0.15) is 16.3 Å². The molecule has 2 N–H and O–H groups in total. The molecule has 0 aliphatic heterocycles. The highest BCUT2D eigenvalue weighted by atomic mass is 16.4. The van der Waals surface area contributed by atoms with Crippen LogP contribution in [0.25, 0.3) is 0 Å². The van der Waals surface area contributed by atoms with Gasteiger partial charge in [0.25, 0.3) is 5.91 Å². The molecule has 1 amide bonds. The molecule has 0 aliphatic rings. The second kappa shape index (κ2) is 4.80. The molecular weight excluding hydrogens is 218 g/mol. The van der Waals surface area contributed by atoms with Crippen LogP contribution < -0.4 is 10.6 Å². The fourth-order valence-electron chi connectivity index (χ4n) is 1.42. The average molecular weight is 231 g/mol. The zero-order valence-corrected chi connectivity index (χ0v) is 9.46. The second-order valence-corrected chi connectivity index (χ2v) is 3.52. The summed E-state index contributed by atoms with van der Waals surface area (Å²) in [5, 5.41) is 0. The van der Waals surface area contributed by atoms with Gasteiger partial charge in [0.1, 0.15) is 11.6 Å². The van der Waals surface area contributed by atoms with Crippen molar-refractivity contribution in [3.63, 3.8) is 0 Å². The summed E-state index contributed by atoms with van der Waals surface area (Å²) < 4.78 is 5.29. The lowest BCUT2D eigenvalue weighted by molar-refractivity contribution is 0.0964. The molecule has 0 radical (unpaired) electrons. The van der Waals surface area contributed by atoms with E-state index in [0.717, 1.165) is 0 Å². The van der Waals surface area contributed by atoms with Crippen molar-refractivity contribution in [1.29, 1.82) is 0 Å². The minimum atomic E-state index is -0.247. The molecule has 17 heavy (non-hydrogen) atoms. The Morgan fingerprint density at radius 2 is 2.24 bits per heavy atom. The number of carbonyl (C=O) groups is 1. The van der Waals surface area contributed by atoms with Crippen LogP contribution in [-0.2, 0) is 6.54 Å². The highest BCUT2D eigenvalue weighted by Crippen LogP contribution is 2.14. The Bertz CT molecular complexity index is 507. The van der Waals surface area contributed by atoms with Crippen molar-refractivity contribution in [2.75, 3.05) is 11.9 Å². The number of rotatable bonds is 3. The quantitative estimate of drug-likeness (QED) is 0.866. The maximum Gasteiger partial charge on any atom is 0.294 e. The highest BCUT2D eigenvalue weighted by molar-refractivity contribution is 6.03. The number of hydrogen-bond donors (Lipinski definition) is 1. The lowest BCUT2D eigenvalue weighted by Gasteiger charge is -2.13. The molecule has 0 aliphatic carbocycles. The average Bonchev–Trinajstić information content (AvgIpc) is 2.87. The summed E-state index contributed by atoms with van der Waals surface area (Å²) in [5.41, 5.74) is 5.42. The summed E-state index contributed by atoms with van der Waals surface area (Å²) in [6.45, 7) is 0.278. The molecule has 5 heteroatoms. The van der Waals surface area contributed by atoms with E-state index in [-0.39, 0.29) is 18.2 Å². The highest BCUT2D eigenvalue weighted by Gasteiger charge is 2.17. The monoisotopic (exact) mass is 231 g/mol. The van der Waals surface area contributed by atoms with E-state index in [9.17, 15) is 4.79 Å². The van der Waals surface area contributed by atoms with Crippen LogP contribution in [0.15, 0.2) is 40.9 Å². The smallest absolute Gasteiger partial charge is 0.294 e. The molecule has 88 valence electrons. The number of nitrogens with zero attached hydrogens (tertiary/aromatic N) is 2. The van der Waals surface area contributed by atoms with Crippen LogP contribution in [-0.4, -0.2) is 17.9 Å². The summed E-state index contributed by atoms with van der Waals surface area (Å²) in [7, 11) is 1.65. The van der Waals surface area contributed by atoms with Crippen LogP contribution in [0.4, 0.5) is 5.82 Å². The van der Waals surface area contributed by atoms with Gasteiger partial charge in [0.2, 0.25) is 0 Å². The van der Waals surface area contributed by atoms with Crippen molar-refractivity contribution in [2.45, 2.75) is 6.54 Å². The first-order chi connectivity index (χ1) is 8.22. The third-order valence-electron chi connectivity index (χ3n) is 2.37. The lowest BCUT2D eigenvalue weighted by Crippen LogP contribution is -2.26. The number of amides is 1. The fourth-order valence-corrected chi connectivity index (χ4v) is 1.42. The lowest BCUT2D eigenvalue weighted by atomic mass is 10.3. The van der Waals surface area contributed by atoms with Gasteiger partial charge in [-0.2, -0.15) is 0 Å². The van der Waals surface area contributed by atoms with Gasteiger partial charge < -0.3 is 10.2 Å². The molecular formula is C12H13N3O2. The summed E-state index contributed by atoms with van der Waals surface area (Å²) in [4.78, 5) is 17.5. The summed E-state index contributed by atoms with van der Waals surface area (Å²) >= 11 is 0. The number of pyridine rings is 1. The van der Waals surface area contributed by atoms with Crippen molar-refractivity contribution in [3.05, 3.63) is 48.0 Å². The molecule has 0 aromatic carbocycles. The van der Waals surface area contributed by atoms with Crippen LogP contribution >= 0.6 is 0 Å². The van der Waals surface area contributed by atoms with Crippen LogP contribution in [0.5, 0.6) is 0 Å². The van der Waals surface area contributed by atoms with E-state index in [4.69, 9.17) is 10.2 Å². The van der Waals surface area contributed by atoms with E-state index >= 15 is 0 Å². The van der Waals surface area contributed by atoms with Crippen molar-refractivity contribution >= 4 is 11.7 Å². The molecule has 0 bridgehead atoms. The summed E-state index contributed by atoms with van der Waals surface area (Å²) in [5.74, 6) is 1.17. The van der Waals surface area contributed by atoms with E-state index in [1.165, 1.54) is 4.90 Å². The number of anilines is 1. The van der Waals surface area contributed by atoms with Gasteiger partial charge in [-0.1, -0.05) is 6.07 Å². The van der Waals surface area contributed by atoms with Crippen LogP contribution in [0, 0.1) is 0 Å². The summed E-state index contributed by atoms with van der Waals surface area (Å²) in [6, 6.07) is 8.68. The standard InChI is InChI=1S/C12H13N3O2/c1-15(11-4-2-3-7-14-11)12(16)10-6-5-9(8-13)17-10/h2-7H,8,13H2,1H3. The Labute approximate surface area is 98.9 Å². The molecule has 0 spiro atoms. The van der Waals surface area contributed by atoms with Crippen LogP contribution in [0.2, 0.25) is 0 Å². The topological polar surface area (TPSA) is 72.4 Å². The fraction of sp³-hybridized carbons (Fsp3) is 0.167. The first-order valence-corrected chi connectivity index (χ1v) is 5.20. The van der Waals surface area contributed by atoms with E-state index in [1.807, 2.05) is 6.07 Å². The molecule has 0 fully saturated rings. The minimum absolute atomic E-state index is 0.247. The Hall–Kier alpha value is -2.14. The normalized spacial score (nSPS) is 10.2. The number of aromatic nitrogens is 1. The molecule has 2 rings (SSSR count). The number of hydrogen-bond acceptors (Lipinski definition) is 4. The van der Waals surface area contributed by atoms with Gasteiger partial charge >= 0.3 is 0 Å². The van der Waals surface area contributed by atoms with Gasteiger partial charge in [0.15, 0.2) is 5.76 Å². The molecule has 2 aromatic rings. The van der Waals surface area contributed by atoms with Crippen molar-refractivity contribution in [1.82, 2.24) is 4.98 Å². The SMILES string of the molecule is CN(C(=O)c1ccc(CN)o1)c1ccccn1. The molecule has 5 nitrogen and oxygen atoms in total. The number of nitrogens with two attached hydrogens (primary N) is 1. The molecule has 2 heterocycles. The van der Waals surface area contributed by atoms with E-state index in [2.05, 4.69) is 4.98 Å². The third-order valence-corrected chi connectivity index (χ3v) is 2.37. The van der Waals surface area contributed by atoms with E-state index in [0.29, 0.717) is 11.6 Å². The zero-order chi connectivity index (χ0) is 12.3. The molecule has 0 unspecified atom stereocenters. The van der Waals surface area contributed by atoms with Crippen molar-refractivity contribution in [3.8, 4) is 0 Å². The van der Waals surface area contributed by atoms with Crippen molar-refractivity contribution in [2.24, 2.45) is 5.73 Å². The number of furan rings is 1. The van der Waals surface area contributed by atoms with Crippen molar-refractivity contribution < 1.29 is 9.21 Å². The second-order valence-electron chi connectivity index (χ2n) is 3.52. The molecule has 0 atom stereocenters. The molecule has 2 aromatic heterocycles. The maximum atomic E-state index is 12.0. The molecule has 0 saturated carbocycles. The van der Waals surface area contributed by atoms with Crippen LogP contribution in [0.3, 0.4) is 0 Å². The Morgan fingerprint density at radius 3 is 2.82 bits per heavy atom. The molecule has 0 saturated heterocycles. The maximum absolute atomic E-state index is 12.0. The minimum Gasteiger partial charge on any atom is -0.455 e.